The van der Waals surface area contributed by atoms with E-state index < -0.39 is 23.4 Å². The van der Waals surface area contributed by atoms with Crippen molar-refractivity contribution in [2.75, 3.05) is 13.2 Å². The largest absolute Gasteiger partial charge is 0.465 e. The highest BCUT2D eigenvalue weighted by Crippen LogP contribution is 2.35. The first-order valence-corrected chi connectivity index (χ1v) is 10.7. The van der Waals surface area contributed by atoms with Gasteiger partial charge < -0.3 is 24.3 Å². The summed E-state index contributed by atoms with van der Waals surface area (Å²) in [5.41, 5.74) is 0.823. The number of alkyl halides is 3. The normalized spacial score (nSPS) is 14.8. The molecule has 3 heterocycles. The number of nitrogens with zero attached hydrogens (tertiary/aromatic N) is 3. The van der Waals surface area contributed by atoms with Crippen LogP contribution < -0.4 is 10.1 Å². The predicted molar refractivity (Wildman–Crippen MR) is 118 cm³/mol. The van der Waals surface area contributed by atoms with Gasteiger partial charge in [-0.15, -0.1) is 0 Å². The van der Waals surface area contributed by atoms with Crippen LogP contribution in [0.2, 0.25) is 0 Å². The number of nitrogens with one attached hydrogen (secondary N) is 1. The third kappa shape index (κ3) is 4.75. The Kier molecular flexibility index (Phi) is 5.88. The van der Waals surface area contributed by atoms with Gasteiger partial charge in [-0.3, -0.25) is 0 Å². The summed E-state index contributed by atoms with van der Waals surface area (Å²) in [5, 5.41) is 16.4. The molecule has 1 aliphatic rings. The molecule has 2 N–H and O–H groups in total. The van der Waals surface area contributed by atoms with E-state index in [0.29, 0.717) is 22.5 Å². The van der Waals surface area contributed by atoms with Gasteiger partial charge in [-0.25, -0.2) is 14.5 Å². The lowest BCUT2D eigenvalue weighted by Gasteiger charge is -2.41. The highest BCUT2D eigenvalue weighted by molar-refractivity contribution is 5.68. The zero-order valence-electron chi connectivity index (χ0n) is 18.5. The van der Waals surface area contributed by atoms with Gasteiger partial charge in [0.05, 0.1) is 31.0 Å². The highest BCUT2D eigenvalue weighted by Gasteiger charge is 2.42. The van der Waals surface area contributed by atoms with Crippen molar-refractivity contribution >= 4 is 6.09 Å². The van der Waals surface area contributed by atoms with Gasteiger partial charge in [0.2, 0.25) is 5.88 Å². The molecule has 9 nitrogen and oxygen atoms in total. The van der Waals surface area contributed by atoms with Crippen molar-refractivity contribution < 1.29 is 37.0 Å². The van der Waals surface area contributed by atoms with Crippen LogP contribution in [0.4, 0.5) is 18.0 Å². The number of oxazole rings is 1. The van der Waals surface area contributed by atoms with Crippen LogP contribution in [-0.4, -0.2) is 39.2 Å². The molecular weight excluding hydrogens is 481 g/mol. The molecule has 186 valence electrons. The number of carbonyl (C=O) groups is 1. The van der Waals surface area contributed by atoms with Crippen LogP contribution in [0.3, 0.4) is 0 Å². The first-order chi connectivity index (χ1) is 17.2. The van der Waals surface area contributed by atoms with Gasteiger partial charge in [0.15, 0.2) is 6.39 Å². The maximum Gasteiger partial charge on any atom is 0.416 e. The van der Waals surface area contributed by atoms with Gasteiger partial charge >= 0.3 is 12.3 Å². The second-order valence-electron chi connectivity index (χ2n) is 8.22. The summed E-state index contributed by atoms with van der Waals surface area (Å²) in [7, 11) is 0. The molecule has 1 aliphatic heterocycles. The van der Waals surface area contributed by atoms with Crippen LogP contribution in [-0.2, 0) is 23.0 Å². The quantitative estimate of drug-likeness (QED) is 0.372. The van der Waals surface area contributed by atoms with E-state index in [1.165, 1.54) is 29.5 Å². The van der Waals surface area contributed by atoms with E-state index in [1.54, 1.807) is 18.2 Å². The van der Waals surface area contributed by atoms with Crippen molar-refractivity contribution in [2.24, 2.45) is 0 Å². The number of ether oxygens (including phenoxy) is 2. The zero-order valence-corrected chi connectivity index (χ0v) is 18.5. The summed E-state index contributed by atoms with van der Waals surface area (Å²) in [6.07, 6.45) is -2.89. The molecule has 0 aliphatic carbocycles. The highest BCUT2D eigenvalue weighted by atomic mass is 19.4. The van der Waals surface area contributed by atoms with Crippen LogP contribution >= 0.6 is 0 Å². The maximum atomic E-state index is 12.9. The molecule has 0 bridgehead atoms. The third-order valence-corrected chi connectivity index (χ3v) is 5.70. The Morgan fingerprint density at radius 1 is 1.17 bits per heavy atom. The Morgan fingerprint density at radius 2 is 1.94 bits per heavy atom. The summed E-state index contributed by atoms with van der Waals surface area (Å²) < 4.78 is 56.4. The van der Waals surface area contributed by atoms with Crippen molar-refractivity contribution in [3.63, 3.8) is 0 Å². The number of rotatable bonds is 7. The lowest BCUT2D eigenvalue weighted by Crippen LogP contribution is -2.59. The molecule has 0 saturated carbocycles. The van der Waals surface area contributed by atoms with E-state index in [-0.39, 0.29) is 31.4 Å². The minimum absolute atomic E-state index is 0.185. The van der Waals surface area contributed by atoms with Crippen molar-refractivity contribution in [2.45, 2.75) is 18.3 Å². The van der Waals surface area contributed by atoms with E-state index in [0.717, 1.165) is 12.1 Å². The molecule has 5 rings (SSSR count). The Balaban J connectivity index is 1.47. The lowest BCUT2D eigenvalue weighted by molar-refractivity contribution is -0.137. The number of carboxylic acid groups (broad SMARTS) is 1. The second kappa shape index (κ2) is 9.04. The Morgan fingerprint density at radius 3 is 2.56 bits per heavy atom. The molecule has 0 atom stereocenters. The summed E-state index contributed by atoms with van der Waals surface area (Å²) in [4.78, 5) is 15.4. The molecule has 0 spiro atoms. The topological polar surface area (TPSA) is 112 Å². The van der Waals surface area contributed by atoms with E-state index >= 15 is 0 Å². The number of hydrogen-bond donors (Lipinski definition) is 2. The van der Waals surface area contributed by atoms with Crippen molar-refractivity contribution in [3.05, 3.63) is 84.1 Å². The molecular formula is C24H19F3N4O5. The first kappa shape index (κ1) is 23.4. The van der Waals surface area contributed by atoms with Crippen LogP contribution in [0.25, 0.3) is 11.3 Å². The fourth-order valence-electron chi connectivity index (χ4n) is 3.84. The maximum absolute atomic E-state index is 12.9. The molecule has 1 fully saturated rings. The molecule has 4 aromatic rings. The van der Waals surface area contributed by atoms with E-state index in [1.807, 2.05) is 12.1 Å². The molecule has 12 heteroatoms. The van der Waals surface area contributed by atoms with E-state index in [9.17, 15) is 23.1 Å². The monoisotopic (exact) mass is 500 g/mol. The first-order valence-electron chi connectivity index (χ1n) is 10.7. The number of amides is 1. The van der Waals surface area contributed by atoms with Gasteiger partial charge in [-0.05, 0) is 35.9 Å². The third-order valence-electron chi connectivity index (χ3n) is 5.70. The van der Waals surface area contributed by atoms with Gasteiger partial charge in [0, 0.05) is 11.6 Å². The molecule has 0 radical (unpaired) electrons. The van der Waals surface area contributed by atoms with E-state index in [2.05, 4.69) is 15.4 Å². The van der Waals surface area contributed by atoms with Gasteiger partial charge in [0.25, 0.3) is 0 Å². The lowest BCUT2D eigenvalue weighted by atomic mass is 9.87. The molecule has 2 aromatic carbocycles. The average Bonchev–Trinajstić information content (AvgIpc) is 3.47. The smallest absolute Gasteiger partial charge is 0.416 e. The number of aromatic nitrogens is 3. The predicted octanol–water partition coefficient (Wildman–Crippen LogP) is 4.89. The van der Waals surface area contributed by atoms with Crippen molar-refractivity contribution in [3.8, 4) is 22.9 Å². The Bertz CT molecular complexity index is 1360. The molecule has 2 aromatic heterocycles. The fourth-order valence-corrected chi connectivity index (χ4v) is 3.84. The zero-order chi connectivity index (χ0) is 25.3. The van der Waals surface area contributed by atoms with Crippen LogP contribution in [0.15, 0.2) is 71.7 Å². The standard InChI is InChI=1S/C24H19F3N4O5/c25-24(26,27)16-4-6-19(7-5-16)36-21-9-20(30-31(21)10-18-11-34-14-28-18)15-2-1-3-17(8-15)23(12-35-13-23)29-22(32)33/h1-9,11,14,29H,10,12-13H2,(H,32,33). The van der Waals surface area contributed by atoms with Gasteiger partial charge in [-0.2, -0.15) is 18.3 Å². The van der Waals surface area contributed by atoms with Gasteiger partial charge in [0.1, 0.15) is 23.2 Å². The number of halogens is 3. The summed E-state index contributed by atoms with van der Waals surface area (Å²) in [6, 6.07) is 13.2. The minimum Gasteiger partial charge on any atom is -0.465 e. The van der Waals surface area contributed by atoms with Crippen LogP contribution in [0, 0.1) is 0 Å². The summed E-state index contributed by atoms with van der Waals surface area (Å²) in [5.74, 6) is 0.462. The summed E-state index contributed by atoms with van der Waals surface area (Å²) in [6.45, 7) is 0.585. The van der Waals surface area contributed by atoms with E-state index in [4.69, 9.17) is 13.9 Å². The van der Waals surface area contributed by atoms with Crippen LogP contribution in [0.5, 0.6) is 11.6 Å². The SMILES string of the molecule is O=C(O)NC1(c2cccc(-c3cc(Oc4ccc(C(F)(F)F)cc4)n(Cc4cocn4)n3)c2)COC1. The number of benzene rings is 2. The molecule has 36 heavy (non-hydrogen) atoms. The molecule has 1 amide bonds. The Labute approximate surface area is 202 Å². The number of hydrogen-bond acceptors (Lipinski definition) is 6. The minimum atomic E-state index is -4.45. The average molecular weight is 500 g/mol. The second-order valence-corrected chi connectivity index (χ2v) is 8.22. The summed E-state index contributed by atoms with van der Waals surface area (Å²) >= 11 is 0. The fraction of sp³-hybridized carbons (Fsp3) is 0.208. The molecule has 0 unspecified atom stereocenters. The van der Waals surface area contributed by atoms with Crippen molar-refractivity contribution in [1.29, 1.82) is 0 Å². The van der Waals surface area contributed by atoms with Crippen molar-refractivity contribution in [1.82, 2.24) is 20.1 Å². The van der Waals surface area contributed by atoms with Gasteiger partial charge in [-0.1, -0.05) is 18.2 Å². The Hall–Kier alpha value is -4.32. The molecule has 1 saturated heterocycles. The van der Waals surface area contributed by atoms with Crippen LogP contribution in [0.1, 0.15) is 16.8 Å².